The van der Waals surface area contributed by atoms with Crippen molar-refractivity contribution in [2.75, 3.05) is 18.4 Å². The molecule has 1 aromatic carbocycles. The highest BCUT2D eigenvalue weighted by atomic mass is 127. The average Bonchev–Trinajstić information content (AvgIpc) is 2.37. The lowest BCUT2D eigenvalue weighted by molar-refractivity contribution is -0.385. The first kappa shape index (κ1) is 13.5. The van der Waals surface area contributed by atoms with Crippen molar-refractivity contribution in [3.8, 4) is 0 Å². The fraction of sp³-hybridized carbons (Fsp3) is 0.500. The first-order chi connectivity index (χ1) is 8.66. The monoisotopic (exact) mass is 361 g/mol. The number of rotatable bonds is 4. The van der Waals surface area contributed by atoms with E-state index in [2.05, 4.69) is 10.6 Å². The molecule has 1 fully saturated rings. The largest absolute Gasteiger partial charge is 0.383 e. The molecule has 1 unspecified atom stereocenters. The van der Waals surface area contributed by atoms with E-state index >= 15 is 0 Å². The second-order valence-corrected chi connectivity index (χ2v) is 5.61. The molecule has 0 aromatic heterocycles. The van der Waals surface area contributed by atoms with Gasteiger partial charge in [-0.3, -0.25) is 10.1 Å². The number of anilines is 1. The number of nitrogens with zero attached hydrogens (tertiary/aromatic N) is 1. The van der Waals surface area contributed by atoms with Crippen LogP contribution in [-0.2, 0) is 0 Å². The summed E-state index contributed by atoms with van der Waals surface area (Å²) in [6.45, 7) is 1.96. The number of piperidine rings is 1. The first-order valence-electron chi connectivity index (χ1n) is 6.08. The van der Waals surface area contributed by atoms with Gasteiger partial charge in [0.05, 0.1) is 8.49 Å². The maximum absolute atomic E-state index is 10.7. The summed E-state index contributed by atoms with van der Waals surface area (Å²) in [4.78, 5) is 10.4. The Balaban J connectivity index is 1.93. The Bertz CT molecular complexity index is 433. The van der Waals surface area contributed by atoms with E-state index in [0.717, 1.165) is 18.8 Å². The summed E-state index contributed by atoms with van der Waals surface area (Å²) in [5.41, 5.74) is 1.11. The van der Waals surface area contributed by atoms with E-state index in [4.69, 9.17) is 0 Å². The van der Waals surface area contributed by atoms with Crippen molar-refractivity contribution in [3.05, 3.63) is 31.9 Å². The van der Waals surface area contributed by atoms with E-state index in [9.17, 15) is 10.1 Å². The van der Waals surface area contributed by atoms with Crippen molar-refractivity contribution in [1.82, 2.24) is 5.32 Å². The summed E-state index contributed by atoms with van der Waals surface area (Å²) in [6, 6.07) is 5.65. The second kappa shape index (κ2) is 6.33. The van der Waals surface area contributed by atoms with Crippen molar-refractivity contribution >= 4 is 34.0 Å². The summed E-state index contributed by atoms with van der Waals surface area (Å²) in [5.74, 6) is 0. The maximum atomic E-state index is 10.7. The van der Waals surface area contributed by atoms with Crippen LogP contribution in [0.15, 0.2) is 18.2 Å². The Morgan fingerprint density at radius 3 is 2.94 bits per heavy atom. The number of hydrogen-bond donors (Lipinski definition) is 2. The van der Waals surface area contributed by atoms with Crippen molar-refractivity contribution in [3.63, 3.8) is 0 Å². The predicted octanol–water partition coefficient (Wildman–Crippen LogP) is 2.75. The molecular formula is C12H16IN3O2. The predicted molar refractivity (Wildman–Crippen MR) is 79.9 cm³/mol. The van der Waals surface area contributed by atoms with Crippen molar-refractivity contribution in [2.45, 2.75) is 25.3 Å². The summed E-state index contributed by atoms with van der Waals surface area (Å²) < 4.78 is 0.666. The quantitative estimate of drug-likeness (QED) is 0.492. The van der Waals surface area contributed by atoms with E-state index in [0.29, 0.717) is 9.61 Å². The van der Waals surface area contributed by atoms with Crippen LogP contribution in [0.25, 0.3) is 0 Å². The van der Waals surface area contributed by atoms with E-state index in [1.165, 1.54) is 19.3 Å². The number of nitrogens with one attached hydrogen (secondary N) is 2. The van der Waals surface area contributed by atoms with Gasteiger partial charge in [0.15, 0.2) is 0 Å². The molecule has 1 saturated heterocycles. The van der Waals surface area contributed by atoms with Crippen LogP contribution in [0.3, 0.4) is 0 Å². The highest BCUT2D eigenvalue weighted by molar-refractivity contribution is 14.1. The normalized spacial score (nSPS) is 19.5. The Labute approximate surface area is 120 Å². The minimum atomic E-state index is -0.353. The molecule has 0 amide bonds. The zero-order valence-electron chi connectivity index (χ0n) is 9.99. The van der Waals surface area contributed by atoms with Crippen molar-refractivity contribution in [1.29, 1.82) is 0 Å². The van der Waals surface area contributed by atoms with Gasteiger partial charge in [-0.25, -0.2) is 0 Å². The lowest BCUT2D eigenvalue weighted by Crippen LogP contribution is -2.39. The lowest BCUT2D eigenvalue weighted by atomic mass is 10.1. The summed E-state index contributed by atoms with van der Waals surface area (Å²) in [7, 11) is 0. The van der Waals surface area contributed by atoms with E-state index in [-0.39, 0.29) is 10.6 Å². The molecule has 0 bridgehead atoms. The van der Waals surface area contributed by atoms with Crippen LogP contribution in [0.4, 0.5) is 11.4 Å². The molecule has 0 radical (unpaired) electrons. The first-order valence-corrected chi connectivity index (χ1v) is 7.16. The molecule has 1 aliphatic heterocycles. The molecule has 0 aliphatic carbocycles. The fourth-order valence-electron chi connectivity index (χ4n) is 2.10. The van der Waals surface area contributed by atoms with Gasteiger partial charge < -0.3 is 10.6 Å². The lowest BCUT2D eigenvalue weighted by Gasteiger charge is -2.24. The minimum absolute atomic E-state index is 0.164. The maximum Gasteiger partial charge on any atom is 0.282 e. The molecular weight excluding hydrogens is 345 g/mol. The average molecular weight is 361 g/mol. The van der Waals surface area contributed by atoms with E-state index in [1.807, 2.05) is 28.7 Å². The van der Waals surface area contributed by atoms with Crippen LogP contribution in [0.2, 0.25) is 0 Å². The molecule has 1 atom stereocenters. The van der Waals surface area contributed by atoms with Crippen molar-refractivity contribution in [2.24, 2.45) is 0 Å². The minimum Gasteiger partial charge on any atom is -0.383 e. The molecule has 1 aromatic rings. The Morgan fingerprint density at radius 2 is 2.33 bits per heavy atom. The Morgan fingerprint density at radius 1 is 1.50 bits per heavy atom. The van der Waals surface area contributed by atoms with Gasteiger partial charge in [-0.2, -0.15) is 0 Å². The van der Waals surface area contributed by atoms with Gasteiger partial charge in [0.1, 0.15) is 0 Å². The van der Waals surface area contributed by atoms with Gasteiger partial charge in [0, 0.05) is 24.3 Å². The molecule has 18 heavy (non-hydrogen) atoms. The molecule has 0 spiro atoms. The second-order valence-electron chi connectivity index (χ2n) is 4.45. The summed E-state index contributed by atoms with van der Waals surface area (Å²) in [6.07, 6.45) is 3.72. The van der Waals surface area contributed by atoms with Gasteiger partial charge >= 0.3 is 0 Å². The molecule has 1 heterocycles. The van der Waals surface area contributed by atoms with Crippen LogP contribution in [0.1, 0.15) is 19.3 Å². The topological polar surface area (TPSA) is 67.2 Å². The number of nitro groups is 1. The summed E-state index contributed by atoms with van der Waals surface area (Å²) >= 11 is 2.00. The van der Waals surface area contributed by atoms with Crippen LogP contribution in [0, 0.1) is 13.7 Å². The third-order valence-corrected chi connectivity index (χ3v) is 3.97. The standard InChI is InChI=1S/C12H16IN3O2/c13-11-7-9(4-5-12(11)16(17)18)15-8-10-3-1-2-6-14-10/h4-5,7,10,14-15H,1-3,6,8H2. The third-order valence-electron chi connectivity index (χ3n) is 3.11. The number of nitro benzene ring substituents is 1. The molecule has 1 aliphatic rings. The molecule has 2 N–H and O–H groups in total. The number of halogens is 1. The van der Waals surface area contributed by atoms with Crippen LogP contribution in [0.5, 0.6) is 0 Å². The molecule has 0 saturated carbocycles. The van der Waals surface area contributed by atoms with Gasteiger partial charge in [-0.15, -0.1) is 0 Å². The molecule has 2 rings (SSSR count). The molecule has 5 nitrogen and oxygen atoms in total. The zero-order chi connectivity index (χ0) is 13.0. The van der Waals surface area contributed by atoms with Crippen molar-refractivity contribution < 1.29 is 4.92 Å². The van der Waals surface area contributed by atoms with Gasteiger partial charge in [0.2, 0.25) is 0 Å². The van der Waals surface area contributed by atoms with E-state index in [1.54, 1.807) is 12.1 Å². The number of hydrogen-bond acceptors (Lipinski definition) is 4. The van der Waals surface area contributed by atoms with Crippen LogP contribution < -0.4 is 10.6 Å². The van der Waals surface area contributed by atoms with Gasteiger partial charge in [-0.05, 0) is 54.1 Å². The van der Waals surface area contributed by atoms with Crippen LogP contribution >= 0.6 is 22.6 Å². The molecule has 6 heteroatoms. The van der Waals surface area contributed by atoms with Gasteiger partial charge in [0.25, 0.3) is 5.69 Å². The van der Waals surface area contributed by atoms with Crippen LogP contribution in [-0.4, -0.2) is 24.1 Å². The Hall–Kier alpha value is -0.890. The highest BCUT2D eigenvalue weighted by Crippen LogP contribution is 2.24. The third kappa shape index (κ3) is 3.55. The Kier molecular flexibility index (Phi) is 4.76. The fourth-order valence-corrected chi connectivity index (χ4v) is 2.82. The SMILES string of the molecule is O=[N+]([O-])c1ccc(NCC2CCCCN2)cc1I. The number of benzene rings is 1. The molecule has 98 valence electrons. The summed E-state index contributed by atoms with van der Waals surface area (Å²) in [5, 5.41) is 17.5. The highest BCUT2D eigenvalue weighted by Gasteiger charge is 2.14. The zero-order valence-corrected chi connectivity index (χ0v) is 12.1. The van der Waals surface area contributed by atoms with Gasteiger partial charge in [-0.1, -0.05) is 6.42 Å². The smallest absolute Gasteiger partial charge is 0.282 e. The van der Waals surface area contributed by atoms with E-state index < -0.39 is 0 Å².